The van der Waals surface area contributed by atoms with E-state index in [2.05, 4.69) is 0 Å². The second-order valence-electron chi connectivity index (χ2n) is 2.40. The first kappa shape index (κ1) is 10.8. The third-order valence-corrected chi connectivity index (χ3v) is 2.85. The van der Waals surface area contributed by atoms with Crippen molar-refractivity contribution in [2.24, 2.45) is 0 Å². The van der Waals surface area contributed by atoms with Gasteiger partial charge in [-0.05, 0) is 12.1 Å². The Kier molecular flexibility index (Phi) is 2.68. The number of benzene rings is 1. The first-order valence-corrected chi connectivity index (χ1v) is 5.65. The highest BCUT2D eigenvalue weighted by molar-refractivity contribution is 8.13. The number of aromatic carboxylic acids is 1. The molecule has 0 atom stereocenters. The molecule has 0 aliphatic heterocycles. The van der Waals surface area contributed by atoms with Crippen molar-refractivity contribution in [2.45, 2.75) is 4.90 Å². The van der Waals surface area contributed by atoms with Crippen LogP contribution in [0.5, 0.6) is 5.75 Å². The molecular weight excluding hydrogens is 232 g/mol. The highest BCUT2D eigenvalue weighted by Gasteiger charge is 2.20. The fourth-order valence-electron chi connectivity index (χ4n) is 0.892. The van der Waals surface area contributed by atoms with Gasteiger partial charge in [0, 0.05) is 10.7 Å². The molecule has 0 aliphatic carbocycles. The molecule has 0 saturated heterocycles. The number of aromatic hydroxyl groups is 1. The Hall–Kier alpha value is -1.27. The Balaban J connectivity index is 3.51. The minimum atomic E-state index is -4.13. The maximum Gasteiger partial charge on any atom is 0.339 e. The van der Waals surface area contributed by atoms with E-state index in [1.54, 1.807) is 0 Å². The van der Waals surface area contributed by atoms with Gasteiger partial charge < -0.3 is 10.2 Å². The van der Waals surface area contributed by atoms with Crippen LogP contribution < -0.4 is 0 Å². The van der Waals surface area contributed by atoms with Crippen molar-refractivity contribution < 1.29 is 23.4 Å². The van der Waals surface area contributed by atoms with E-state index >= 15 is 0 Å². The first-order valence-electron chi connectivity index (χ1n) is 3.34. The Morgan fingerprint density at radius 3 is 2.36 bits per heavy atom. The van der Waals surface area contributed by atoms with E-state index in [1.807, 2.05) is 0 Å². The molecule has 1 aromatic carbocycles. The van der Waals surface area contributed by atoms with Crippen molar-refractivity contribution in [1.29, 1.82) is 0 Å². The van der Waals surface area contributed by atoms with Crippen molar-refractivity contribution in [3.05, 3.63) is 23.8 Å². The molecule has 1 aromatic rings. The van der Waals surface area contributed by atoms with Crippen molar-refractivity contribution in [3.8, 4) is 5.75 Å². The maximum atomic E-state index is 10.8. The minimum absolute atomic E-state index is 0.508. The van der Waals surface area contributed by atoms with E-state index in [0.717, 1.165) is 12.1 Å². The predicted octanol–water partition coefficient (Wildman–Crippen LogP) is 1.02. The van der Waals surface area contributed by atoms with E-state index < -0.39 is 31.2 Å². The molecule has 0 heterocycles. The van der Waals surface area contributed by atoms with Gasteiger partial charge in [0.05, 0.1) is 0 Å². The summed E-state index contributed by atoms with van der Waals surface area (Å²) in [7, 11) is 0.829. The predicted molar refractivity (Wildman–Crippen MR) is 48.1 cm³/mol. The summed E-state index contributed by atoms with van der Waals surface area (Å²) >= 11 is 0. The molecule has 2 N–H and O–H groups in total. The zero-order valence-corrected chi connectivity index (χ0v) is 8.21. The number of carboxylic acid groups (broad SMARTS) is 1. The number of carbonyl (C=O) groups is 1. The van der Waals surface area contributed by atoms with Crippen molar-refractivity contribution in [3.63, 3.8) is 0 Å². The molecule has 0 unspecified atom stereocenters. The number of hydrogen-bond donors (Lipinski definition) is 2. The summed E-state index contributed by atoms with van der Waals surface area (Å²) in [6, 6.07) is 3.27. The lowest BCUT2D eigenvalue weighted by Crippen LogP contribution is -2.00. The number of para-hydroxylation sites is 1. The summed E-state index contributed by atoms with van der Waals surface area (Å²) in [5.41, 5.74) is -0.508. The Morgan fingerprint density at radius 1 is 1.36 bits per heavy atom. The van der Waals surface area contributed by atoms with Crippen LogP contribution in [0.2, 0.25) is 0 Å². The van der Waals surface area contributed by atoms with Crippen LogP contribution in [0, 0.1) is 0 Å². The molecule has 1 rings (SSSR count). The molecule has 14 heavy (non-hydrogen) atoms. The molecule has 5 nitrogen and oxygen atoms in total. The lowest BCUT2D eigenvalue weighted by atomic mass is 10.2. The summed E-state index contributed by atoms with van der Waals surface area (Å²) in [4.78, 5) is 9.89. The first-order chi connectivity index (χ1) is 6.34. The molecule has 0 bridgehead atoms. The third-order valence-electron chi connectivity index (χ3n) is 1.49. The number of rotatable bonds is 2. The van der Waals surface area contributed by atoms with Crippen molar-refractivity contribution >= 4 is 25.7 Å². The number of hydrogen-bond acceptors (Lipinski definition) is 4. The van der Waals surface area contributed by atoms with E-state index in [4.69, 9.17) is 15.8 Å². The molecule has 0 saturated carbocycles. The van der Waals surface area contributed by atoms with E-state index in [9.17, 15) is 18.3 Å². The normalized spacial score (nSPS) is 11.2. The smallest absolute Gasteiger partial charge is 0.339 e. The van der Waals surface area contributed by atoms with Crippen LogP contribution >= 0.6 is 10.7 Å². The van der Waals surface area contributed by atoms with E-state index in [1.165, 1.54) is 6.07 Å². The van der Waals surface area contributed by atoms with E-state index in [0.29, 0.717) is 0 Å². The van der Waals surface area contributed by atoms with Gasteiger partial charge in [-0.25, -0.2) is 13.2 Å². The van der Waals surface area contributed by atoms with Gasteiger partial charge in [-0.3, -0.25) is 0 Å². The monoisotopic (exact) mass is 236 g/mol. The van der Waals surface area contributed by atoms with Crippen LogP contribution in [-0.2, 0) is 9.05 Å². The van der Waals surface area contributed by atoms with Crippen molar-refractivity contribution in [2.75, 3.05) is 0 Å². The topological polar surface area (TPSA) is 91.7 Å². The molecule has 0 aromatic heterocycles. The fraction of sp³-hybridized carbons (Fsp3) is 0. The number of carboxylic acids is 1. The average Bonchev–Trinajstić information content (AvgIpc) is 2.01. The third kappa shape index (κ3) is 1.97. The summed E-state index contributed by atoms with van der Waals surface area (Å²) in [6.07, 6.45) is 0. The zero-order valence-electron chi connectivity index (χ0n) is 6.64. The summed E-state index contributed by atoms with van der Waals surface area (Å²) in [5, 5.41) is 17.8. The largest absolute Gasteiger partial charge is 0.506 e. The molecule has 0 radical (unpaired) electrons. The lowest BCUT2D eigenvalue weighted by molar-refractivity contribution is 0.0693. The van der Waals surface area contributed by atoms with Gasteiger partial charge in [-0.1, -0.05) is 6.07 Å². The van der Waals surface area contributed by atoms with Crippen molar-refractivity contribution in [1.82, 2.24) is 0 Å². The van der Waals surface area contributed by atoms with Crippen LogP contribution in [-0.4, -0.2) is 24.6 Å². The molecule has 7 heteroatoms. The van der Waals surface area contributed by atoms with Crippen LogP contribution in [0.15, 0.2) is 23.1 Å². The van der Waals surface area contributed by atoms with Gasteiger partial charge in [0.2, 0.25) is 0 Å². The minimum Gasteiger partial charge on any atom is -0.506 e. The fourth-order valence-corrected chi connectivity index (χ4v) is 1.85. The van der Waals surface area contributed by atoms with Gasteiger partial charge in [0.15, 0.2) is 0 Å². The second-order valence-corrected chi connectivity index (χ2v) is 4.93. The van der Waals surface area contributed by atoms with Crippen LogP contribution in [0.1, 0.15) is 10.4 Å². The Labute approximate surface area is 84.0 Å². The van der Waals surface area contributed by atoms with Gasteiger partial charge in [-0.2, -0.15) is 0 Å². The van der Waals surface area contributed by atoms with Gasteiger partial charge >= 0.3 is 5.97 Å². The maximum absolute atomic E-state index is 10.8. The van der Waals surface area contributed by atoms with Gasteiger partial charge in [-0.15, -0.1) is 0 Å². The molecule has 76 valence electrons. The number of halogens is 1. The highest BCUT2D eigenvalue weighted by Crippen LogP contribution is 2.28. The van der Waals surface area contributed by atoms with E-state index in [-0.39, 0.29) is 0 Å². The van der Waals surface area contributed by atoms with Gasteiger partial charge in [0.1, 0.15) is 16.2 Å². The molecular formula is C7H5ClO5S. The molecule has 0 aliphatic rings. The van der Waals surface area contributed by atoms with Crippen LogP contribution in [0.4, 0.5) is 0 Å². The second kappa shape index (κ2) is 3.47. The van der Waals surface area contributed by atoms with Crippen LogP contribution in [0.3, 0.4) is 0 Å². The summed E-state index contributed by atoms with van der Waals surface area (Å²) in [5.74, 6) is -2.28. The summed E-state index contributed by atoms with van der Waals surface area (Å²) < 4.78 is 21.7. The Morgan fingerprint density at radius 2 is 1.93 bits per heavy atom. The van der Waals surface area contributed by atoms with Gasteiger partial charge in [0.25, 0.3) is 9.05 Å². The standard InChI is InChI=1S/C7H5ClO5S/c8-14(12,13)5-3-1-2-4(6(5)9)7(10)11/h1-3,9H,(H,10,11). The summed E-state index contributed by atoms with van der Waals surface area (Å²) in [6.45, 7) is 0. The number of phenols is 1. The molecule has 0 amide bonds. The average molecular weight is 237 g/mol. The molecule has 0 spiro atoms. The quantitative estimate of drug-likeness (QED) is 0.748. The molecule has 0 fully saturated rings. The highest BCUT2D eigenvalue weighted by atomic mass is 35.7. The lowest BCUT2D eigenvalue weighted by Gasteiger charge is -2.02. The Bertz CT molecular complexity index is 479. The van der Waals surface area contributed by atoms with Crippen LogP contribution in [0.25, 0.3) is 0 Å². The SMILES string of the molecule is O=C(O)c1cccc(S(=O)(=O)Cl)c1O. The zero-order chi connectivity index (χ0) is 10.9.